The van der Waals surface area contributed by atoms with Crippen LogP contribution >= 0.6 is 11.8 Å². The highest BCUT2D eigenvalue weighted by atomic mass is 32.2. The SMILES string of the molecule is CC1=CC[C@@H](C(C)C)[C@@H]2C[C@](C)(SC#N)CC[C@@H]12. The molecular weight excluding hydrogens is 238 g/mol. The topological polar surface area (TPSA) is 23.8 Å². The smallest absolute Gasteiger partial charge is 0.133 e. The molecule has 0 radical (unpaired) electrons. The van der Waals surface area contributed by atoms with E-state index in [9.17, 15) is 0 Å². The van der Waals surface area contributed by atoms with E-state index >= 15 is 0 Å². The van der Waals surface area contributed by atoms with Crippen LogP contribution in [-0.2, 0) is 0 Å². The first-order valence-corrected chi connectivity index (χ1v) is 8.02. The first-order valence-electron chi connectivity index (χ1n) is 7.20. The number of rotatable bonds is 2. The van der Waals surface area contributed by atoms with Crippen molar-refractivity contribution in [3.63, 3.8) is 0 Å². The molecule has 2 aliphatic rings. The maximum absolute atomic E-state index is 9.01. The summed E-state index contributed by atoms with van der Waals surface area (Å²) in [7, 11) is 0. The molecule has 18 heavy (non-hydrogen) atoms. The van der Waals surface area contributed by atoms with Crippen molar-refractivity contribution in [1.29, 1.82) is 5.26 Å². The van der Waals surface area contributed by atoms with Gasteiger partial charge in [0.2, 0.25) is 0 Å². The maximum atomic E-state index is 9.01. The molecule has 0 aromatic carbocycles. The van der Waals surface area contributed by atoms with Crippen LogP contribution in [0.1, 0.15) is 53.4 Å². The van der Waals surface area contributed by atoms with Crippen LogP contribution in [0, 0.1) is 34.3 Å². The highest BCUT2D eigenvalue weighted by Crippen LogP contribution is 2.52. The number of nitriles is 1. The molecule has 0 unspecified atom stereocenters. The van der Waals surface area contributed by atoms with Gasteiger partial charge in [0.25, 0.3) is 0 Å². The number of nitrogens with zero attached hydrogens (tertiary/aromatic N) is 1. The predicted molar refractivity (Wildman–Crippen MR) is 79.1 cm³/mol. The van der Waals surface area contributed by atoms with Crippen molar-refractivity contribution in [2.75, 3.05) is 0 Å². The average Bonchev–Trinajstić information content (AvgIpc) is 2.28. The summed E-state index contributed by atoms with van der Waals surface area (Å²) in [6, 6.07) is 0. The molecule has 2 aliphatic carbocycles. The van der Waals surface area contributed by atoms with E-state index in [4.69, 9.17) is 5.26 Å². The minimum Gasteiger partial charge on any atom is -0.185 e. The van der Waals surface area contributed by atoms with Crippen LogP contribution < -0.4 is 0 Å². The van der Waals surface area contributed by atoms with E-state index in [0.717, 1.165) is 23.7 Å². The molecule has 100 valence electrons. The first kappa shape index (κ1) is 14.0. The maximum Gasteiger partial charge on any atom is 0.133 e. The van der Waals surface area contributed by atoms with Crippen LogP contribution in [0.25, 0.3) is 0 Å². The minimum absolute atomic E-state index is 0.195. The van der Waals surface area contributed by atoms with Crippen LogP contribution in [-0.4, -0.2) is 4.75 Å². The standard InChI is InChI=1S/C16H25NS/c1-11(2)13-6-5-12(3)14-7-8-16(4,18-10-17)9-15(13)14/h5,11,13-15H,6-9H2,1-4H3/t13-,14-,15-,16+/m0/s1. The van der Waals surface area contributed by atoms with E-state index in [0.29, 0.717) is 0 Å². The quantitative estimate of drug-likeness (QED) is 0.517. The van der Waals surface area contributed by atoms with Crippen LogP contribution in [0.4, 0.5) is 0 Å². The molecule has 2 rings (SSSR count). The van der Waals surface area contributed by atoms with Crippen molar-refractivity contribution in [1.82, 2.24) is 0 Å². The van der Waals surface area contributed by atoms with E-state index in [2.05, 4.69) is 39.2 Å². The van der Waals surface area contributed by atoms with Crippen LogP contribution in [0.2, 0.25) is 0 Å². The molecule has 0 aromatic heterocycles. The number of thioether (sulfide) groups is 1. The van der Waals surface area contributed by atoms with Gasteiger partial charge in [-0.2, -0.15) is 5.26 Å². The van der Waals surface area contributed by atoms with Gasteiger partial charge in [0, 0.05) is 4.75 Å². The number of hydrogen-bond acceptors (Lipinski definition) is 2. The van der Waals surface area contributed by atoms with Gasteiger partial charge >= 0.3 is 0 Å². The van der Waals surface area contributed by atoms with Crippen molar-refractivity contribution < 1.29 is 0 Å². The van der Waals surface area contributed by atoms with Gasteiger partial charge in [0.05, 0.1) is 0 Å². The van der Waals surface area contributed by atoms with E-state index < -0.39 is 0 Å². The first-order chi connectivity index (χ1) is 8.47. The monoisotopic (exact) mass is 263 g/mol. The molecule has 1 saturated carbocycles. The highest BCUT2D eigenvalue weighted by Gasteiger charge is 2.44. The van der Waals surface area contributed by atoms with Crippen LogP contribution in [0.15, 0.2) is 11.6 Å². The summed E-state index contributed by atoms with van der Waals surface area (Å²) < 4.78 is 0.195. The summed E-state index contributed by atoms with van der Waals surface area (Å²) in [5.41, 5.74) is 1.61. The molecular formula is C16H25NS. The molecule has 0 aliphatic heterocycles. The van der Waals surface area contributed by atoms with Crippen molar-refractivity contribution in [3.8, 4) is 5.40 Å². The molecule has 1 fully saturated rings. The number of hydrogen-bond donors (Lipinski definition) is 0. The zero-order chi connectivity index (χ0) is 13.3. The average molecular weight is 263 g/mol. The second-order valence-corrected chi connectivity index (χ2v) is 8.12. The van der Waals surface area contributed by atoms with Gasteiger partial charge in [-0.15, -0.1) is 0 Å². The molecule has 4 atom stereocenters. The largest absolute Gasteiger partial charge is 0.185 e. The van der Waals surface area contributed by atoms with E-state index in [1.165, 1.54) is 37.4 Å². The highest BCUT2D eigenvalue weighted by molar-refractivity contribution is 8.05. The molecule has 0 aromatic rings. The van der Waals surface area contributed by atoms with Gasteiger partial charge in [-0.25, -0.2) is 0 Å². The van der Waals surface area contributed by atoms with Crippen molar-refractivity contribution in [2.45, 2.75) is 58.1 Å². The fourth-order valence-corrected chi connectivity index (χ4v) is 4.77. The lowest BCUT2D eigenvalue weighted by Gasteiger charge is -2.48. The molecule has 2 heteroatoms. The Kier molecular flexibility index (Phi) is 4.11. The lowest BCUT2D eigenvalue weighted by Crippen LogP contribution is -2.41. The Balaban J connectivity index is 2.21. The fourth-order valence-electron chi connectivity index (χ4n) is 4.05. The summed E-state index contributed by atoms with van der Waals surface area (Å²) in [6.07, 6.45) is 7.43. The van der Waals surface area contributed by atoms with Crippen LogP contribution in [0.3, 0.4) is 0 Å². The molecule has 0 heterocycles. The summed E-state index contributed by atoms with van der Waals surface area (Å²) in [4.78, 5) is 0. The Morgan fingerprint density at radius 1 is 1.50 bits per heavy atom. The van der Waals surface area contributed by atoms with E-state index in [1.807, 2.05) is 0 Å². The molecule has 0 saturated heterocycles. The molecule has 0 bridgehead atoms. The fraction of sp³-hybridized carbons (Fsp3) is 0.812. The van der Waals surface area contributed by atoms with Gasteiger partial charge in [-0.05, 0) is 75.0 Å². The Hall–Kier alpha value is -0.420. The summed E-state index contributed by atoms with van der Waals surface area (Å²) in [6.45, 7) is 9.33. The third-order valence-corrected chi connectivity index (χ3v) is 6.12. The van der Waals surface area contributed by atoms with Crippen LogP contribution in [0.5, 0.6) is 0 Å². The number of allylic oxidation sites excluding steroid dienone is 2. The van der Waals surface area contributed by atoms with Crippen molar-refractivity contribution >= 4 is 11.8 Å². The lowest BCUT2D eigenvalue weighted by molar-refractivity contribution is 0.119. The molecule has 1 nitrogen and oxygen atoms in total. The summed E-state index contributed by atoms with van der Waals surface area (Å²) in [5.74, 6) is 3.17. The Morgan fingerprint density at radius 3 is 2.83 bits per heavy atom. The van der Waals surface area contributed by atoms with Crippen molar-refractivity contribution in [3.05, 3.63) is 11.6 Å². The second kappa shape index (κ2) is 5.29. The second-order valence-electron chi connectivity index (χ2n) is 6.75. The summed E-state index contributed by atoms with van der Waals surface area (Å²) in [5, 5.41) is 11.3. The zero-order valence-corrected chi connectivity index (χ0v) is 12.9. The third kappa shape index (κ3) is 2.62. The van der Waals surface area contributed by atoms with Gasteiger partial charge < -0.3 is 0 Å². The molecule has 0 amide bonds. The van der Waals surface area contributed by atoms with E-state index in [-0.39, 0.29) is 4.75 Å². The van der Waals surface area contributed by atoms with Gasteiger partial charge in [0.15, 0.2) is 0 Å². The molecule has 0 N–H and O–H groups in total. The van der Waals surface area contributed by atoms with Gasteiger partial charge in [-0.1, -0.05) is 25.5 Å². The number of thiocyanates is 1. The normalized spacial score (nSPS) is 40.0. The van der Waals surface area contributed by atoms with Gasteiger partial charge in [-0.3, -0.25) is 0 Å². The predicted octanol–water partition coefficient (Wildman–Crippen LogP) is 5.00. The Labute approximate surface area is 116 Å². The minimum atomic E-state index is 0.195. The number of fused-ring (bicyclic) bond motifs is 1. The Bertz CT molecular complexity index is 379. The Morgan fingerprint density at radius 2 is 2.22 bits per heavy atom. The molecule has 0 spiro atoms. The van der Waals surface area contributed by atoms with Crippen molar-refractivity contribution in [2.24, 2.45) is 23.7 Å². The lowest BCUT2D eigenvalue weighted by atomic mass is 9.60. The zero-order valence-electron chi connectivity index (χ0n) is 12.1. The van der Waals surface area contributed by atoms with E-state index in [1.54, 1.807) is 5.57 Å². The summed E-state index contributed by atoms with van der Waals surface area (Å²) >= 11 is 1.51. The third-order valence-electron chi connectivity index (χ3n) is 5.16. The van der Waals surface area contributed by atoms with Gasteiger partial charge in [0.1, 0.15) is 5.40 Å².